The molecule has 0 heterocycles. The number of benzene rings is 1. The topological polar surface area (TPSA) is 64.4 Å². The second-order valence-corrected chi connectivity index (χ2v) is 4.82. The Morgan fingerprint density at radius 3 is 2.83 bits per heavy atom. The van der Waals surface area contributed by atoms with Crippen molar-refractivity contribution in [1.82, 2.24) is 5.32 Å². The third kappa shape index (κ3) is 2.61. The molecule has 1 aliphatic carbocycles. The smallest absolute Gasteiger partial charge is 0.311 e. The molecular formula is C13H18N2O3. The van der Waals surface area contributed by atoms with E-state index in [1.165, 1.54) is 6.07 Å². The second-order valence-electron chi connectivity index (χ2n) is 4.82. The van der Waals surface area contributed by atoms with Gasteiger partial charge in [0.05, 0.1) is 11.0 Å². The molecule has 1 aliphatic rings. The number of nitro groups is 1. The molecule has 1 saturated carbocycles. The summed E-state index contributed by atoms with van der Waals surface area (Å²) in [5.74, 6) is 1.05. The van der Waals surface area contributed by atoms with Crippen LogP contribution >= 0.6 is 0 Å². The lowest BCUT2D eigenvalue weighted by molar-refractivity contribution is -0.386. The summed E-state index contributed by atoms with van der Waals surface area (Å²) in [6.45, 7) is 2.82. The highest BCUT2D eigenvalue weighted by molar-refractivity contribution is 5.51. The van der Waals surface area contributed by atoms with Gasteiger partial charge in [0.15, 0.2) is 5.75 Å². The molecule has 0 spiro atoms. The molecule has 1 aromatic carbocycles. The monoisotopic (exact) mass is 250 g/mol. The highest BCUT2D eigenvalue weighted by Gasteiger charge is 2.32. The summed E-state index contributed by atoms with van der Waals surface area (Å²) < 4.78 is 5.78. The fraction of sp³-hybridized carbons (Fsp3) is 0.538. The minimum Gasteiger partial charge on any atom is -0.483 e. The van der Waals surface area contributed by atoms with Crippen LogP contribution in [0.4, 0.5) is 5.69 Å². The Balaban J connectivity index is 2.04. The van der Waals surface area contributed by atoms with Gasteiger partial charge in [0.2, 0.25) is 0 Å². The van der Waals surface area contributed by atoms with Crippen LogP contribution in [0.25, 0.3) is 0 Å². The summed E-state index contributed by atoms with van der Waals surface area (Å²) in [7, 11) is 1.93. The van der Waals surface area contributed by atoms with E-state index in [-0.39, 0.29) is 16.7 Å². The molecule has 5 heteroatoms. The van der Waals surface area contributed by atoms with Gasteiger partial charge in [-0.15, -0.1) is 0 Å². The third-order valence-corrected chi connectivity index (χ3v) is 3.36. The number of nitrogens with one attached hydrogen (secondary N) is 1. The molecule has 98 valence electrons. The van der Waals surface area contributed by atoms with Crippen molar-refractivity contribution in [2.45, 2.75) is 25.9 Å². The van der Waals surface area contributed by atoms with Crippen LogP contribution in [-0.4, -0.2) is 24.6 Å². The van der Waals surface area contributed by atoms with Crippen LogP contribution < -0.4 is 10.1 Å². The van der Waals surface area contributed by atoms with Crippen molar-refractivity contribution in [3.63, 3.8) is 0 Å². The Bertz CT molecular complexity index is 442. The maximum absolute atomic E-state index is 10.9. The number of aryl methyl sites for hydroxylation is 1. The molecule has 0 unspecified atom stereocenters. The summed E-state index contributed by atoms with van der Waals surface area (Å²) in [5, 5.41) is 14.1. The van der Waals surface area contributed by atoms with Crippen LogP contribution in [0.1, 0.15) is 18.4 Å². The number of para-hydroxylation sites is 1. The molecule has 0 saturated heterocycles. The Morgan fingerprint density at radius 2 is 2.22 bits per heavy atom. The summed E-state index contributed by atoms with van der Waals surface area (Å²) >= 11 is 0. The predicted octanol–water partition coefficient (Wildman–Crippen LogP) is 2.28. The lowest BCUT2D eigenvalue weighted by Crippen LogP contribution is -2.38. The van der Waals surface area contributed by atoms with Crippen molar-refractivity contribution in [3.8, 4) is 5.75 Å². The van der Waals surface area contributed by atoms with Gasteiger partial charge in [0, 0.05) is 6.07 Å². The molecule has 0 radical (unpaired) electrons. The molecule has 0 bridgehead atoms. The van der Waals surface area contributed by atoms with E-state index in [0.717, 1.165) is 24.9 Å². The first-order chi connectivity index (χ1) is 8.61. The maximum Gasteiger partial charge on any atom is 0.311 e. The highest BCUT2D eigenvalue weighted by Crippen LogP contribution is 2.36. The van der Waals surface area contributed by atoms with Gasteiger partial charge in [-0.2, -0.15) is 0 Å². The lowest BCUT2D eigenvalue weighted by atomic mass is 9.82. The minimum atomic E-state index is -0.383. The first-order valence-corrected chi connectivity index (χ1v) is 6.17. The maximum atomic E-state index is 10.9. The van der Waals surface area contributed by atoms with Gasteiger partial charge in [0.25, 0.3) is 0 Å². The molecule has 1 aromatic rings. The Kier molecular flexibility index (Phi) is 3.81. The number of hydrogen-bond donors (Lipinski definition) is 1. The first kappa shape index (κ1) is 12.8. The van der Waals surface area contributed by atoms with E-state index in [1.54, 1.807) is 6.07 Å². The van der Waals surface area contributed by atoms with E-state index in [0.29, 0.717) is 11.7 Å². The van der Waals surface area contributed by atoms with E-state index < -0.39 is 0 Å². The average Bonchev–Trinajstić information content (AvgIpc) is 2.28. The normalized spacial score (nSPS) is 22.3. The van der Waals surface area contributed by atoms with Crippen LogP contribution in [-0.2, 0) is 0 Å². The molecule has 1 N–H and O–H groups in total. The van der Waals surface area contributed by atoms with Crippen LogP contribution in [0, 0.1) is 23.0 Å². The second kappa shape index (κ2) is 5.35. The highest BCUT2D eigenvalue weighted by atomic mass is 16.6. The quantitative estimate of drug-likeness (QED) is 0.643. The Hall–Kier alpha value is -1.62. The number of nitrogens with zero attached hydrogens (tertiary/aromatic N) is 1. The predicted molar refractivity (Wildman–Crippen MR) is 68.9 cm³/mol. The molecular weight excluding hydrogens is 232 g/mol. The molecule has 0 aliphatic heterocycles. The lowest BCUT2D eigenvalue weighted by Gasteiger charge is -2.35. The van der Waals surface area contributed by atoms with Crippen molar-refractivity contribution in [2.75, 3.05) is 13.6 Å². The van der Waals surface area contributed by atoms with E-state index in [1.807, 2.05) is 20.0 Å². The number of rotatable bonds is 5. The van der Waals surface area contributed by atoms with Crippen molar-refractivity contribution < 1.29 is 9.66 Å². The van der Waals surface area contributed by atoms with Gasteiger partial charge in [-0.3, -0.25) is 10.1 Å². The van der Waals surface area contributed by atoms with Gasteiger partial charge in [-0.25, -0.2) is 0 Å². The third-order valence-electron chi connectivity index (χ3n) is 3.36. The van der Waals surface area contributed by atoms with Crippen molar-refractivity contribution in [2.24, 2.45) is 5.92 Å². The summed E-state index contributed by atoms with van der Waals surface area (Å²) in [6, 6.07) is 5.02. The van der Waals surface area contributed by atoms with Crippen LogP contribution in [0.15, 0.2) is 18.2 Å². The standard InChI is InChI=1S/C13H18N2O3/c1-9-4-3-5-12(15(16)17)13(9)18-11-6-10(7-11)8-14-2/h3-5,10-11,14H,6-8H2,1-2H3. The van der Waals surface area contributed by atoms with E-state index >= 15 is 0 Å². The molecule has 18 heavy (non-hydrogen) atoms. The van der Waals surface area contributed by atoms with Crippen molar-refractivity contribution in [1.29, 1.82) is 0 Å². The van der Waals surface area contributed by atoms with Crippen LogP contribution in [0.5, 0.6) is 5.75 Å². The Morgan fingerprint density at radius 1 is 1.50 bits per heavy atom. The number of ether oxygens (including phenoxy) is 1. The largest absolute Gasteiger partial charge is 0.483 e. The zero-order chi connectivity index (χ0) is 13.1. The zero-order valence-electron chi connectivity index (χ0n) is 10.7. The van der Waals surface area contributed by atoms with Gasteiger partial charge in [-0.05, 0) is 44.8 Å². The first-order valence-electron chi connectivity index (χ1n) is 6.17. The summed E-state index contributed by atoms with van der Waals surface area (Å²) in [5.41, 5.74) is 0.883. The number of hydrogen-bond acceptors (Lipinski definition) is 4. The zero-order valence-corrected chi connectivity index (χ0v) is 10.7. The molecule has 2 rings (SSSR count). The SMILES string of the molecule is CNCC1CC(Oc2c(C)cccc2[N+](=O)[O-])C1. The van der Waals surface area contributed by atoms with Gasteiger partial charge >= 0.3 is 5.69 Å². The van der Waals surface area contributed by atoms with E-state index in [2.05, 4.69) is 5.32 Å². The number of nitro benzene ring substituents is 1. The molecule has 5 nitrogen and oxygen atoms in total. The minimum absolute atomic E-state index is 0.0621. The molecule has 0 atom stereocenters. The molecule has 1 fully saturated rings. The molecule has 0 aromatic heterocycles. The van der Waals surface area contributed by atoms with Gasteiger partial charge < -0.3 is 10.1 Å². The van der Waals surface area contributed by atoms with Gasteiger partial charge in [-0.1, -0.05) is 12.1 Å². The van der Waals surface area contributed by atoms with Crippen LogP contribution in [0.3, 0.4) is 0 Å². The summed E-state index contributed by atoms with van der Waals surface area (Å²) in [4.78, 5) is 10.6. The fourth-order valence-electron chi connectivity index (χ4n) is 2.33. The fourth-order valence-corrected chi connectivity index (χ4v) is 2.33. The van der Waals surface area contributed by atoms with E-state index in [4.69, 9.17) is 4.74 Å². The average molecular weight is 250 g/mol. The van der Waals surface area contributed by atoms with Crippen molar-refractivity contribution in [3.05, 3.63) is 33.9 Å². The Labute approximate surface area is 106 Å². The summed E-state index contributed by atoms with van der Waals surface area (Å²) in [6.07, 6.45) is 2.04. The van der Waals surface area contributed by atoms with Gasteiger partial charge in [0.1, 0.15) is 0 Å². The van der Waals surface area contributed by atoms with Crippen LogP contribution in [0.2, 0.25) is 0 Å². The van der Waals surface area contributed by atoms with Crippen molar-refractivity contribution >= 4 is 5.69 Å². The van der Waals surface area contributed by atoms with E-state index in [9.17, 15) is 10.1 Å². The molecule has 0 amide bonds.